The fraction of sp³-hybridized carbons (Fsp3) is 0. The second-order valence-electron chi connectivity index (χ2n) is 3.15. The van der Waals surface area contributed by atoms with Crippen LogP contribution in [0.1, 0.15) is 10.4 Å². The zero-order valence-corrected chi connectivity index (χ0v) is 9.88. The molecule has 9 heteroatoms. The quantitative estimate of drug-likeness (QED) is 0.756. The van der Waals surface area contributed by atoms with Crippen LogP contribution in [-0.4, -0.2) is 24.5 Å². The van der Waals surface area contributed by atoms with Gasteiger partial charge in [-0.1, -0.05) is 11.3 Å². The lowest BCUT2D eigenvalue weighted by Crippen LogP contribution is -2.21. The van der Waals surface area contributed by atoms with Crippen LogP contribution in [0.4, 0.5) is 5.13 Å². The van der Waals surface area contributed by atoms with Gasteiger partial charge >= 0.3 is 5.97 Å². The molecule has 2 rings (SSSR count). The number of hydrogen-bond donors (Lipinski definition) is 3. The number of rotatable bonds is 3. The van der Waals surface area contributed by atoms with Gasteiger partial charge in [0.05, 0.1) is 15.8 Å². The molecule has 1 aromatic heterocycles. The third-order valence-corrected chi connectivity index (χ3v) is 3.41. The Labute approximate surface area is 100 Å². The van der Waals surface area contributed by atoms with E-state index >= 15 is 0 Å². The summed E-state index contributed by atoms with van der Waals surface area (Å²) in [7, 11) is -3.87. The molecule has 1 heterocycles. The SMILES string of the molecule is NS(=O)(=O)Nc1nc2ccc(C(=O)O)cc2s1. The second-order valence-corrected chi connectivity index (χ2v) is 5.48. The molecule has 0 saturated heterocycles. The number of hydrogen-bond acceptors (Lipinski definition) is 5. The first-order chi connectivity index (χ1) is 7.85. The van der Waals surface area contributed by atoms with Gasteiger partial charge in [-0.15, -0.1) is 0 Å². The minimum Gasteiger partial charge on any atom is -0.478 e. The fourth-order valence-corrected chi connectivity index (χ4v) is 2.78. The Morgan fingerprint density at radius 3 is 2.76 bits per heavy atom. The molecule has 0 unspecified atom stereocenters. The summed E-state index contributed by atoms with van der Waals surface area (Å²) in [5.74, 6) is -1.05. The van der Waals surface area contributed by atoms with Crippen molar-refractivity contribution in [1.82, 2.24) is 4.98 Å². The fourth-order valence-electron chi connectivity index (χ4n) is 1.22. The molecule has 17 heavy (non-hydrogen) atoms. The molecule has 90 valence electrons. The Morgan fingerprint density at radius 1 is 1.47 bits per heavy atom. The summed E-state index contributed by atoms with van der Waals surface area (Å²) in [6.45, 7) is 0. The number of thiazole rings is 1. The van der Waals surface area contributed by atoms with Gasteiger partial charge in [-0.25, -0.2) is 19.6 Å². The predicted octanol–water partition coefficient (Wildman–Crippen LogP) is 0.610. The third-order valence-electron chi connectivity index (χ3n) is 1.86. The normalized spacial score (nSPS) is 11.6. The van der Waals surface area contributed by atoms with Crippen molar-refractivity contribution in [3.63, 3.8) is 0 Å². The van der Waals surface area contributed by atoms with Crippen LogP contribution in [0.5, 0.6) is 0 Å². The first kappa shape index (κ1) is 11.8. The minimum atomic E-state index is -3.87. The predicted molar refractivity (Wildman–Crippen MR) is 63.3 cm³/mol. The van der Waals surface area contributed by atoms with E-state index in [0.717, 1.165) is 11.3 Å². The summed E-state index contributed by atoms with van der Waals surface area (Å²) in [5, 5.41) is 13.7. The topological polar surface area (TPSA) is 122 Å². The summed E-state index contributed by atoms with van der Waals surface area (Å²) >= 11 is 1.01. The van der Waals surface area contributed by atoms with Crippen molar-refractivity contribution in [2.24, 2.45) is 5.14 Å². The maximum atomic E-state index is 10.8. The van der Waals surface area contributed by atoms with Crippen LogP contribution in [0.15, 0.2) is 18.2 Å². The molecule has 0 bridgehead atoms. The number of carboxylic acids is 1. The summed E-state index contributed by atoms with van der Waals surface area (Å²) in [4.78, 5) is 14.7. The van der Waals surface area contributed by atoms with E-state index in [1.54, 1.807) is 0 Å². The highest BCUT2D eigenvalue weighted by molar-refractivity contribution is 7.90. The van der Waals surface area contributed by atoms with Crippen LogP contribution < -0.4 is 9.86 Å². The maximum absolute atomic E-state index is 10.8. The number of aromatic carboxylic acids is 1. The number of nitrogens with one attached hydrogen (secondary N) is 1. The molecule has 2 aromatic rings. The molecule has 0 spiro atoms. The van der Waals surface area contributed by atoms with Gasteiger partial charge in [0.2, 0.25) is 0 Å². The number of benzene rings is 1. The van der Waals surface area contributed by atoms with Crippen molar-refractivity contribution >= 4 is 42.9 Å². The van der Waals surface area contributed by atoms with Crippen LogP contribution >= 0.6 is 11.3 Å². The number of carbonyl (C=O) groups is 1. The lowest BCUT2D eigenvalue weighted by Gasteiger charge is -1.95. The second kappa shape index (κ2) is 3.95. The van der Waals surface area contributed by atoms with Gasteiger partial charge in [0.1, 0.15) is 0 Å². The molecular weight excluding hydrogens is 266 g/mol. The first-order valence-electron chi connectivity index (χ1n) is 4.29. The van der Waals surface area contributed by atoms with Crippen molar-refractivity contribution in [3.05, 3.63) is 23.8 Å². The lowest BCUT2D eigenvalue weighted by atomic mass is 10.2. The zero-order valence-electron chi connectivity index (χ0n) is 8.25. The van der Waals surface area contributed by atoms with Gasteiger partial charge in [-0.2, -0.15) is 8.42 Å². The standard InChI is InChI=1S/C8H7N3O4S2/c9-17(14,15)11-8-10-5-2-1-4(7(12)13)3-6(5)16-8/h1-3H,(H,10,11)(H,12,13)(H2,9,14,15). The molecule has 0 aliphatic carbocycles. The van der Waals surface area contributed by atoms with Crippen LogP contribution in [0.3, 0.4) is 0 Å². The molecule has 0 radical (unpaired) electrons. The van der Waals surface area contributed by atoms with Gasteiger partial charge in [0.25, 0.3) is 10.2 Å². The molecule has 7 nitrogen and oxygen atoms in total. The summed E-state index contributed by atoms with van der Waals surface area (Å²) < 4.78 is 24.2. The first-order valence-corrected chi connectivity index (χ1v) is 6.66. The number of anilines is 1. The van der Waals surface area contributed by atoms with Crippen LogP contribution in [0, 0.1) is 0 Å². The van der Waals surface area contributed by atoms with Gasteiger partial charge in [-0.3, -0.25) is 0 Å². The zero-order chi connectivity index (χ0) is 12.6. The summed E-state index contributed by atoms with van der Waals surface area (Å²) in [6.07, 6.45) is 0. The highest BCUT2D eigenvalue weighted by Crippen LogP contribution is 2.27. The van der Waals surface area contributed by atoms with Crippen LogP contribution in [0.2, 0.25) is 0 Å². The lowest BCUT2D eigenvalue weighted by molar-refractivity contribution is 0.0697. The number of carboxylic acid groups (broad SMARTS) is 1. The number of fused-ring (bicyclic) bond motifs is 1. The smallest absolute Gasteiger partial charge is 0.335 e. The number of nitrogens with zero attached hydrogens (tertiary/aromatic N) is 1. The van der Waals surface area contributed by atoms with Gasteiger partial charge < -0.3 is 5.11 Å². The van der Waals surface area contributed by atoms with Crippen LogP contribution in [-0.2, 0) is 10.2 Å². The van der Waals surface area contributed by atoms with E-state index in [9.17, 15) is 13.2 Å². The van der Waals surface area contributed by atoms with E-state index in [0.29, 0.717) is 10.2 Å². The van der Waals surface area contributed by atoms with E-state index in [1.165, 1.54) is 18.2 Å². The number of aromatic nitrogens is 1. The Bertz CT molecular complexity index is 692. The van der Waals surface area contributed by atoms with E-state index in [1.807, 2.05) is 4.72 Å². The monoisotopic (exact) mass is 273 g/mol. The molecular formula is C8H7N3O4S2. The van der Waals surface area contributed by atoms with Gasteiger partial charge in [0, 0.05) is 0 Å². The third kappa shape index (κ3) is 2.70. The van der Waals surface area contributed by atoms with Crippen molar-refractivity contribution < 1.29 is 18.3 Å². The average Bonchev–Trinajstić information content (AvgIpc) is 2.54. The summed E-state index contributed by atoms with van der Waals surface area (Å²) in [5.41, 5.74) is 0.620. The molecule has 0 amide bonds. The minimum absolute atomic E-state index is 0.102. The Kier molecular flexibility index (Phi) is 2.73. The van der Waals surface area contributed by atoms with E-state index < -0.39 is 16.2 Å². The molecule has 0 aliphatic rings. The molecule has 4 N–H and O–H groups in total. The van der Waals surface area contributed by atoms with Crippen molar-refractivity contribution in [3.8, 4) is 0 Å². The Balaban J connectivity index is 2.47. The Morgan fingerprint density at radius 2 is 2.18 bits per heavy atom. The maximum Gasteiger partial charge on any atom is 0.335 e. The molecule has 0 saturated carbocycles. The van der Waals surface area contributed by atoms with Crippen molar-refractivity contribution in [1.29, 1.82) is 0 Å². The highest BCUT2D eigenvalue weighted by atomic mass is 32.2. The average molecular weight is 273 g/mol. The van der Waals surface area contributed by atoms with Crippen molar-refractivity contribution in [2.45, 2.75) is 0 Å². The summed E-state index contributed by atoms with van der Waals surface area (Å²) in [6, 6.07) is 4.32. The largest absolute Gasteiger partial charge is 0.478 e. The van der Waals surface area contributed by atoms with Gasteiger partial charge in [-0.05, 0) is 18.2 Å². The van der Waals surface area contributed by atoms with Gasteiger partial charge in [0.15, 0.2) is 5.13 Å². The van der Waals surface area contributed by atoms with E-state index in [2.05, 4.69) is 4.98 Å². The number of nitrogens with two attached hydrogens (primary N) is 1. The van der Waals surface area contributed by atoms with E-state index in [4.69, 9.17) is 10.2 Å². The Hall–Kier alpha value is -1.71. The molecule has 0 aliphatic heterocycles. The molecule has 0 fully saturated rings. The molecule has 0 atom stereocenters. The highest BCUT2D eigenvalue weighted by Gasteiger charge is 2.10. The van der Waals surface area contributed by atoms with Crippen LogP contribution in [0.25, 0.3) is 10.2 Å². The van der Waals surface area contributed by atoms with E-state index in [-0.39, 0.29) is 10.7 Å². The van der Waals surface area contributed by atoms with Crippen molar-refractivity contribution in [2.75, 3.05) is 4.72 Å². The molecule has 1 aromatic carbocycles.